The molecule has 4 aromatic rings. The molecule has 5 heteroatoms. The average Bonchev–Trinajstić information content (AvgIpc) is 2.97. The average molecular weight is 362 g/mol. The fraction of sp³-hybridized carbons (Fsp3) is 0.182. The van der Waals surface area contributed by atoms with Crippen LogP contribution in [-0.4, -0.2) is 11.1 Å². The van der Waals surface area contributed by atoms with Gasteiger partial charge in [-0.3, -0.25) is 4.79 Å². The van der Waals surface area contributed by atoms with Crippen LogP contribution in [0.25, 0.3) is 33.1 Å². The predicted octanol–water partition coefficient (Wildman–Crippen LogP) is 4.76. The third-order valence-electron chi connectivity index (χ3n) is 5.02. The second kappa shape index (κ2) is 6.13. The number of aliphatic carboxylic acids is 1. The molecule has 2 heterocycles. The second-order valence-electron chi connectivity index (χ2n) is 6.72. The first-order chi connectivity index (χ1) is 12.9. The molecule has 0 saturated carbocycles. The Morgan fingerprint density at radius 2 is 1.63 bits per heavy atom. The quantitative estimate of drug-likeness (QED) is 0.532. The van der Waals surface area contributed by atoms with Crippen LogP contribution in [0.15, 0.2) is 50.0 Å². The van der Waals surface area contributed by atoms with E-state index in [0.29, 0.717) is 16.7 Å². The Morgan fingerprint density at radius 1 is 0.963 bits per heavy atom. The number of carbonyl (C=O) groups is 1. The lowest BCUT2D eigenvalue weighted by molar-refractivity contribution is -0.136. The van der Waals surface area contributed by atoms with Crippen molar-refractivity contribution in [2.75, 3.05) is 0 Å². The van der Waals surface area contributed by atoms with Crippen molar-refractivity contribution in [1.29, 1.82) is 0 Å². The maximum atomic E-state index is 12.3. The van der Waals surface area contributed by atoms with Crippen LogP contribution in [-0.2, 0) is 11.2 Å². The highest BCUT2D eigenvalue weighted by Crippen LogP contribution is 2.39. The van der Waals surface area contributed by atoms with Gasteiger partial charge in [0.05, 0.1) is 12.0 Å². The van der Waals surface area contributed by atoms with Crippen molar-refractivity contribution in [3.8, 4) is 11.1 Å². The summed E-state index contributed by atoms with van der Waals surface area (Å²) >= 11 is 0. The van der Waals surface area contributed by atoms with Crippen molar-refractivity contribution in [2.45, 2.75) is 27.2 Å². The van der Waals surface area contributed by atoms with Gasteiger partial charge < -0.3 is 13.9 Å². The van der Waals surface area contributed by atoms with E-state index in [1.807, 2.05) is 50.2 Å². The largest absolute Gasteiger partial charge is 0.481 e. The lowest BCUT2D eigenvalue weighted by atomic mass is 9.96. The van der Waals surface area contributed by atoms with E-state index in [9.17, 15) is 9.59 Å². The molecule has 0 spiro atoms. The Bertz CT molecular complexity index is 1260. The monoisotopic (exact) mass is 362 g/mol. The first kappa shape index (κ1) is 17.1. The van der Waals surface area contributed by atoms with Crippen LogP contribution in [0.1, 0.15) is 22.5 Å². The first-order valence-corrected chi connectivity index (χ1v) is 8.64. The number of hydrogen-bond donors (Lipinski definition) is 1. The van der Waals surface area contributed by atoms with Gasteiger partial charge in [0.15, 0.2) is 0 Å². The number of carboxylic acid groups (broad SMARTS) is 1. The van der Waals surface area contributed by atoms with Crippen LogP contribution in [0.2, 0.25) is 0 Å². The van der Waals surface area contributed by atoms with Crippen LogP contribution < -0.4 is 5.63 Å². The van der Waals surface area contributed by atoms with Crippen LogP contribution in [0.3, 0.4) is 0 Å². The van der Waals surface area contributed by atoms with Gasteiger partial charge in [-0.05, 0) is 38.0 Å². The Balaban J connectivity index is 2.12. The Labute approximate surface area is 154 Å². The molecule has 4 rings (SSSR count). The summed E-state index contributed by atoms with van der Waals surface area (Å²) in [6, 6.07) is 11.9. The molecule has 0 aliphatic heterocycles. The summed E-state index contributed by atoms with van der Waals surface area (Å²) < 4.78 is 11.5. The summed E-state index contributed by atoms with van der Waals surface area (Å²) in [6.45, 7) is 5.52. The fourth-order valence-electron chi connectivity index (χ4n) is 3.69. The number of carboxylic acids is 1. The minimum absolute atomic E-state index is 0.176. The topological polar surface area (TPSA) is 80.7 Å². The zero-order valence-corrected chi connectivity index (χ0v) is 15.3. The molecule has 136 valence electrons. The highest BCUT2D eigenvalue weighted by Gasteiger charge is 2.21. The minimum atomic E-state index is -1.06. The summed E-state index contributed by atoms with van der Waals surface area (Å²) in [7, 11) is 0. The van der Waals surface area contributed by atoms with Gasteiger partial charge in [0.25, 0.3) is 0 Å². The molecule has 0 radical (unpaired) electrons. The van der Waals surface area contributed by atoms with E-state index in [1.165, 1.54) is 0 Å². The van der Waals surface area contributed by atoms with Gasteiger partial charge in [-0.2, -0.15) is 0 Å². The molecule has 0 unspecified atom stereocenters. The molecular weight excluding hydrogens is 344 g/mol. The number of furan rings is 1. The van der Waals surface area contributed by atoms with Crippen molar-refractivity contribution in [1.82, 2.24) is 0 Å². The SMILES string of the molecule is Cc1oc2c(C)c3oc(=O)c(CC(=O)O)c(C)c3cc2c1-c1ccccc1. The number of aryl methyl sites for hydroxylation is 3. The van der Waals surface area contributed by atoms with Crippen molar-refractivity contribution >= 4 is 27.9 Å². The normalized spacial score (nSPS) is 11.4. The minimum Gasteiger partial charge on any atom is -0.481 e. The number of benzene rings is 2. The van der Waals surface area contributed by atoms with Crippen LogP contribution in [0.5, 0.6) is 0 Å². The summed E-state index contributed by atoms with van der Waals surface area (Å²) in [6.07, 6.45) is -0.364. The molecule has 5 nitrogen and oxygen atoms in total. The second-order valence-corrected chi connectivity index (χ2v) is 6.72. The van der Waals surface area contributed by atoms with Crippen LogP contribution in [0, 0.1) is 20.8 Å². The molecule has 2 aromatic carbocycles. The standard InChI is InChI=1S/C22H18O5/c1-11-15-9-17-19(14-7-5-4-6-8-14)13(3)26-21(17)12(2)20(15)27-22(25)16(11)10-18(23)24/h4-9H,10H2,1-3H3,(H,23,24). The van der Waals surface area contributed by atoms with E-state index in [-0.39, 0.29) is 12.0 Å². The van der Waals surface area contributed by atoms with E-state index >= 15 is 0 Å². The smallest absolute Gasteiger partial charge is 0.340 e. The maximum Gasteiger partial charge on any atom is 0.340 e. The summed E-state index contributed by atoms with van der Waals surface area (Å²) in [5, 5.41) is 10.8. The highest BCUT2D eigenvalue weighted by atomic mass is 16.4. The molecule has 0 atom stereocenters. The Morgan fingerprint density at radius 3 is 2.30 bits per heavy atom. The summed E-state index contributed by atoms with van der Waals surface area (Å²) in [5.41, 5.74) is 4.06. The van der Waals surface area contributed by atoms with Gasteiger partial charge >= 0.3 is 11.6 Å². The molecule has 0 saturated heterocycles. The summed E-state index contributed by atoms with van der Waals surface area (Å²) in [5.74, 6) is -0.285. The zero-order chi connectivity index (χ0) is 19.3. The van der Waals surface area contributed by atoms with Crippen molar-refractivity contribution < 1.29 is 18.7 Å². The molecule has 0 fully saturated rings. The van der Waals surface area contributed by atoms with E-state index in [1.54, 1.807) is 6.92 Å². The Kier molecular flexibility index (Phi) is 3.88. The molecule has 0 aliphatic carbocycles. The lowest BCUT2D eigenvalue weighted by Crippen LogP contribution is -2.15. The zero-order valence-electron chi connectivity index (χ0n) is 15.3. The third-order valence-corrected chi connectivity index (χ3v) is 5.02. The molecule has 0 bridgehead atoms. The lowest BCUT2D eigenvalue weighted by Gasteiger charge is -2.09. The van der Waals surface area contributed by atoms with E-state index in [4.69, 9.17) is 13.9 Å². The van der Waals surface area contributed by atoms with Gasteiger partial charge in [0.2, 0.25) is 0 Å². The van der Waals surface area contributed by atoms with E-state index < -0.39 is 11.6 Å². The molecule has 0 amide bonds. The van der Waals surface area contributed by atoms with Crippen molar-refractivity contribution in [3.05, 3.63) is 69.3 Å². The van der Waals surface area contributed by atoms with E-state index in [2.05, 4.69) is 0 Å². The third kappa shape index (κ3) is 2.63. The number of fused-ring (bicyclic) bond motifs is 2. The fourth-order valence-corrected chi connectivity index (χ4v) is 3.69. The van der Waals surface area contributed by atoms with Gasteiger partial charge in [-0.25, -0.2) is 4.79 Å². The molecule has 0 aliphatic rings. The Hall–Kier alpha value is -3.34. The molecule has 27 heavy (non-hydrogen) atoms. The van der Waals surface area contributed by atoms with Crippen molar-refractivity contribution in [3.63, 3.8) is 0 Å². The number of rotatable bonds is 3. The van der Waals surface area contributed by atoms with Gasteiger partial charge in [0.1, 0.15) is 16.9 Å². The molecule has 1 N–H and O–H groups in total. The van der Waals surface area contributed by atoms with Gasteiger partial charge in [-0.1, -0.05) is 30.3 Å². The van der Waals surface area contributed by atoms with Crippen molar-refractivity contribution in [2.24, 2.45) is 0 Å². The summed E-state index contributed by atoms with van der Waals surface area (Å²) in [4.78, 5) is 23.4. The number of hydrogen-bond acceptors (Lipinski definition) is 4. The van der Waals surface area contributed by atoms with Crippen LogP contribution >= 0.6 is 0 Å². The first-order valence-electron chi connectivity index (χ1n) is 8.64. The predicted molar refractivity (Wildman–Crippen MR) is 103 cm³/mol. The molecular formula is C22H18O5. The maximum absolute atomic E-state index is 12.3. The molecule has 2 aromatic heterocycles. The van der Waals surface area contributed by atoms with Gasteiger partial charge in [0, 0.05) is 21.9 Å². The van der Waals surface area contributed by atoms with E-state index in [0.717, 1.165) is 33.2 Å². The highest BCUT2D eigenvalue weighted by molar-refractivity contribution is 6.05. The van der Waals surface area contributed by atoms with Crippen LogP contribution in [0.4, 0.5) is 0 Å². The van der Waals surface area contributed by atoms with Gasteiger partial charge in [-0.15, -0.1) is 0 Å².